The molecular formula is C9H12N2O3. The van der Waals surface area contributed by atoms with Crippen LogP contribution < -0.4 is 5.73 Å². The van der Waals surface area contributed by atoms with E-state index in [9.17, 15) is 9.59 Å². The van der Waals surface area contributed by atoms with Crippen molar-refractivity contribution in [2.45, 2.75) is 19.8 Å². The van der Waals surface area contributed by atoms with Gasteiger partial charge in [0.1, 0.15) is 6.42 Å². The van der Waals surface area contributed by atoms with Gasteiger partial charge in [-0.1, -0.05) is 6.08 Å². The van der Waals surface area contributed by atoms with Gasteiger partial charge >= 0.3 is 5.97 Å². The molecule has 0 heterocycles. The van der Waals surface area contributed by atoms with Gasteiger partial charge in [-0.05, 0) is 6.92 Å². The Hall–Kier alpha value is -1.83. The third-order valence-electron chi connectivity index (χ3n) is 1.44. The summed E-state index contributed by atoms with van der Waals surface area (Å²) in [5.41, 5.74) is 5.40. The molecule has 0 saturated heterocycles. The van der Waals surface area contributed by atoms with Crippen molar-refractivity contribution in [2.75, 3.05) is 6.61 Å². The Bertz CT molecular complexity index is 289. The minimum absolute atomic E-state index is 0.158. The number of esters is 1. The summed E-state index contributed by atoms with van der Waals surface area (Å²) in [7, 11) is 0. The Balaban J connectivity index is 3.67. The van der Waals surface area contributed by atoms with Crippen molar-refractivity contribution in [3.8, 4) is 6.07 Å². The van der Waals surface area contributed by atoms with E-state index in [1.165, 1.54) is 0 Å². The molecule has 0 aliphatic heterocycles. The van der Waals surface area contributed by atoms with Crippen molar-refractivity contribution in [1.29, 1.82) is 5.26 Å². The van der Waals surface area contributed by atoms with Crippen LogP contribution in [0.1, 0.15) is 19.8 Å². The van der Waals surface area contributed by atoms with Gasteiger partial charge in [-0.2, -0.15) is 5.26 Å². The van der Waals surface area contributed by atoms with E-state index >= 15 is 0 Å². The molecule has 0 aromatic rings. The van der Waals surface area contributed by atoms with Gasteiger partial charge in [-0.15, -0.1) is 0 Å². The average Bonchev–Trinajstić information content (AvgIpc) is 2.12. The maximum absolute atomic E-state index is 10.7. The molecule has 5 heteroatoms. The highest BCUT2D eigenvalue weighted by atomic mass is 16.5. The standard InChI is InChI=1S/C9H12N2O3/c1-7(9(11)13)3-2-6-14-8(12)4-5-10/h3H,2,4,6H2,1H3,(H2,11,13). The number of amides is 1. The van der Waals surface area contributed by atoms with Crippen LogP contribution in [0.2, 0.25) is 0 Å². The number of nitrogens with zero attached hydrogens (tertiary/aromatic N) is 1. The van der Waals surface area contributed by atoms with E-state index in [0.29, 0.717) is 12.0 Å². The zero-order valence-corrected chi connectivity index (χ0v) is 7.95. The zero-order chi connectivity index (χ0) is 11.0. The first-order valence-corrected chi connectivity index (χ1v) is 4.07. The number of primary amides is 1. The van der Waals surface area contributed by atoms with Crippen molar-refractivity contribution >= 4 is 11.9 Å². The number of hydrogen-bond acceptors (Lipinski definition) is 4. The molecule has 1 amide bonds. The van der Waals surface area contributed by atoms with Crippen molar-refractivity contribution < 1.29 is 14.3 Å². The molecule has 0 unspecified atom stereocenters. The fourth-order valence-electron chi connectivity index (χ4n) is 0.664. The Labute approximate surface area is 82.1 Å². The molecular weight excluding hydrogens is 184 g/mol. The van der Waals surface area contributed by atoms with Crippen LogP contribution in [0.5, 0.6) is 0 Å². The lowest BCUT2D eigenvalue weighted by Crippen LogP contribution is -2.12. The highest BCUT2D eigenvalue weighted by Crippen LogP contribution is 1.95. The van der Waals surface area contributed by atoms with Crippen LogP contribution in [0.15, 0.2) is 11.6 Å². The van der Waals surface area contributed by atoms with Gasteiger partial charge in [-0.3, -0.25) is 9.59 Å². The van der Waals surface area contributed by atoms with E-state index in [1.807, 2.05) is 0 Å². The number of rotatable bonds is 5. The largest absolute Gasteiger partial charge is 0.465 e. The lowest BCUT2D eigenvalue weighted by Gasteiger charge is -1.99. The molecule has 0 aromatic carbocycles. The van der Waals surface area contributed by atoms with Crippen LogP contribution in [-0.2, 0) is 14.3 Å². The van der Waals surface area contributed by atoms with E-state index in [2.05, 4.69) is 4.74 Å². The number of nitriles is 1. The second-order valence-corrected chi connectivity index (χ2v) is 2.60. The number of hydrogen-bond donors (Lipinski definition) is 1. The third-order valence-corrected chi connectivity index (χ3v) is 1.44. The minimum Gasteiger partial charge on any atom is -0.465 e. The first-order chi connectivity index (χ1) is 6.57. The Morgan fingerprint density at radius 2 is 2.21 bits per heavy atom. The first-order valence-electron chi connectivity index (χ1n) is 4.07. The van der Waals surface area contributed by atoms with Crippen LogP contribution in [0.4, 0.5) is 0 Å². The van der Waals surface area contributed by atoms with Gasteiger partial charge in [0.05, 0.1) is 12.7 Å². The first kappa shape index (κ1) is 12.2. The second kappa shape index (κ2) is 6.66. The monoisotopic (exact) mass is 196 g/mol. The Kier molecular flexibility index (Phi) is 5.79. The molecule has 0 aliphatic rings. The van der Waals surface area contributed by atoms with Gasteiger partial charge in [-0.25, -0.2) is 0 Å². The molecule has 0 fully saturated rings. The van der Waals surface area contributed by atoms with Crippen LogP contribution in [0, 0.1) is 11.3 Å². The van der Waals surface area contributed by atoms with Crippen LogP contribution >= 0.6 is 0 Å². The lowest BCUT2D eigenvalue weighted by molar-refractivity contribution is -0.142. The van der Waals surface area contributed by atoms with Gasteiger partial charge in [0, 0.05) is 12.0 Å². The minimum atomic E-state index is -0.558. The number of carbonyl (C=O) groups is 2. The topological polar surface area (TPSA) is 93.2 Å². The molecule has 0 saturated carbocycles. The second-order valence-electron chi connectivity index (χ2n) is 2.60. The highest BCUT2D eigenvalue weighted by Gasteiger charge is 2.00. The van der Waals surface area contributed by atoms with Crippen LogP contribution in [0.3, 0.4) is 0 Å². The Morgan fingerprint density at radius 1 is 1.57 bits per heavy atom. The van der Waals surface area contributed by atoms with Crippen molar-refractivity contribution in [3.63, 3.8) is 0 Å². The molecule has 0 spiro atoms. The van der Waals surface area contributed by atoms with Crippen molar-refractivity contribution in [2.24, 2.45) is 5.73 Å². The van der Waals surface area contributed by atoms with Gasteiger partial charge in [0.15, 0.2) is 0 Å². The molecule has 0 rings (SSSR count). The number of ether oxygens (including phenoxy) is 1. The van der Waals surface area contributed by atoms with Crippen LogP contribution in [0.25, 0.3) is 0 Å². The molecule has 0 aliphatic carbocycles. The van der Waals surface area contributed by atoms with Gasteiger partial charge in [0.2, 0.25) is 5.91 Å². The maximum Gasteiger partial charge on any atom is 0.320 e. The van der Waals surface area contributed by atoms with E-state index in [0.717, 1.165) is 0 Å². The molecule has 76 valence electrons. The summed E-state index contributed by atoms with van der Waals surface area (Å²) in [5, 5.41) is 8.13. The smallest absolute Gasteiger partial charge is 0.320 e. The molecule has 0 aromatic heterocycles. The summed E-state index contributed by atoms with van der Waals surface area (Å²) in [6, 6.07) is 1.67. The fraction of sp³-hybridized carbons (Fsp3) is 0.444. The summed E-state index contributed by atoms with van der Waals surface area (Å²) < 4.78 is 4.65. The number of carbonyl (C=O) groups excluding carboxylic acids is 2. The maximum atomic E-state index is 10.7. The zero-order valence-electron chi connectivity index (χ0n) is 7.95. The SMILES string of the molecule is CC(=CCCOC(=O)CC#N)C(N)=O. The summed E-state index contributed by atoms with van der Waals surface area (Å²) in [5.74, 6) is -1.05. The van der Waals surface area contributed by atoms with Crippen molar-refractivity contribution in [1.82, 2.24) is 0 Å². The molecule has 0 atom stereocenters. The van der Waals surface area contributed by atoms with E-state index < -0.39 is 11.9 Å². The summed E-state index contributed by atoms with van der Waals surface area (Å²) >= 11 is 0. The molecule has 2 N–H and O–H groups in total. The Morgan fingerprint density at radius 3 is 2.71 bits per heavy atom. The molecule has 5 nitrogen and oxygen atoms in total. The predicted octanol–water partition coefficient (Wildman–Crippen LogP) is 0.265. The van der Waals surface area contributed by atoms with Crippen LogP contribution in [-0.4, -0.2) is 18.5 Å². The normalized spacial score (nSPS) is 10.4. The van der Waals surface area contributed by atoms with Gasteiger partial charge in [0.25, 0.3) is 0 Å². The number of nitrogens with two attached hydrogens (primary N) is 1. The quantitative estimate of drug-likeness (QED) is 0.388. The third kappa shape index (κ3) is 5.77. The fourth-order valence-corrected chi connectivity index (χ4v) is 0.664. The van der Waals surface area contributed by atoms with E-state index in [4.69, 9.17) is 11.0 Å². The molecule has 14 heavy (non-hydrogen) atoms. The average molecular weight is 196 g/mol. The molecule has 0 radical (unpaired) electrons. The van der Waals surface area contributed by atoms with Crippen molar-refractivity contribution in [3.05, 3.63) is 11.6 Å². The van der Waals surface area contributed by atoms with Gasteiger partial charge < -0.3 is 10.5 Å². The summed E-state index contributed by atoms with van der Waals surface area (Å²) in [6.45, 7) is 1.74. The predicted molar refractivity (Wildman–Crippen MR) is 48.8 cm³/mol. The van der Waals surface area contributed by atoms with E-state index in [-0.39, 0.29) is 13.0 Å². The summed E-state index contributed by atoms with van der Waals surface area (Å²) in [6.07, 6.45) is 1.76. The summed E-state index contributed by atoms with van der Waals surface area (Å²) in [4.78, 5) is 21.2. The van der Waals surface area contributed by atoms with E-state index in [1.54, 1.807) is 19.1 Å². The lowest BCUT2D eigenvalue weighted by atomic mass is 10.2. The highest BCUT2D eigenvalue weighted by molar-refractivity contribution is 5.91. The molecule has 0 bridgehead atoms.